The fourth-order valence-electron chi connectivity index (χ4n) is 4.42. The Hall–Kier alpha value is -2.34. The highest BCUT2D eigenvalue weighted by atomic mass is 16.5. The molecule has 1 aromatic rings. The van der Waals surface area contributed by atoms with Crippen LogP contribution in [-0.2, 0) is 9.59 Å². The van der Waals surface area contributed by atoms with E-state index in [1.807, 2.05) is 31.2 Å². The molecular weight excluding hydrogens is 368 g/mol. The smallest absolute Gasteiger partial charge is 0.290 e. The van der Waals surface area contributed by atoms with Crippen molar-refractivity contribution in [2.75, 3.05) is 32.8 Å². The van der Waals surface area contributed by atoms with E-state index in [1.165, 1.54) is 19.3 Å². The summed E-state index contributed by atoms with van der Waals surface area (Å²) in [5.41, 5.74) is 1.08. The van der Waals surface area contributed by atoms with E-state index >= 15 is 0 Å². The maximum atomic E-state index is 13.0. The van der Waals surface area contributed by atoms with Crippen molar-refractivity contribution >= 4 is 11.7 Å². The molecule has 1 saturated carbocycles. The second-order valence-electron chi connectivity index (χ2n) is 8.21. The van der Waals surface area contributed by atoms with Gasteiger partial charge in [-0.15, -0.1) is 0 Å². The number of nitrogens with zero attached hydrogens (tertiary/aromatic N) is 2. The number of Topliss-reactive ketones (excluding diaryl/α,β-unsaturated/α-hetero) is 1. The van der Waals surface area contributed by atoms with Crippen LogP contribution in [-0.4, -0.2) is 59.4 Å². The van der Waals surface area contributed by atoms with E-state index < -0.39 is 11.9 Å². The van der Waals surface area contributed by atoms with Gasteiger partial charge in [0.05, 0.1) is 18.2 Å². The van der Waals surface area contributed by atoms with Gasteiger partial charge in [-0.25, -0.2) is 0 Å². The van der Waals surface area contributed by atoms with Gasteiger partial charge in [0.2, 0.25) is 0 Å². The predicted octanol–water partition coefficient (Wildman–Crippen LogP) is 3.25. The van der Waals surface area contributed by atoms with Crippen LogP contribution in [0.15, 0.2) is 35.6 Å². The van der Waals surface area contributed by atoms with Crippen LogP contribution in [0, 0.1) is 5.92 Å². The maximum absolute atomic E-state index is 13.0. The highest BCUT2D eigenvalue weighted by Gasteiger charge is 2.47. The van der Waals surface area contributed by atoms with Gasteiger partial charge in [-0.05, 0) is 63.4 Å². The van der Waals surface area contributed by atoms with E-state index in [4.69, 9.17) is 4.74 Å². The Morgan fingerprint density at radius 1 is 1.17 bits per heavy atom. The number of aliphatic hydroxyl groups excluding tert-OH is 1. The number of hydrogen-bond donors (Lipinski definition) is 1. The molecular formula is C23H30N2O4. The van der Waals surface area contributed by atoms with Gasteiger partial charge in [-0.3, -0.25) is 9.59 Å². The van der Waals surface area contributed by atoms with Crippen LogP contribution >= 0.6 is 0 Å². The van der Waals surface area contributed by atoms with E-state index in [0.29, 0.717) is 18.9 Å². The summed E-state index contributed by atoms with van der Waals surface area (Å²) in [4.78, 5) is 30.0. The zero-order valence-electron chi connectivity index (χ0n) is 17.1. The Morgan fingerprint density at radius 2 is 1.93 bits per heavy atom. The molecule has 1 aromatic carbocycles. The van der Waals surface area contributed by atoms with Crippen LogP contribution < -0.4 is 4.74 Å². The second-order valence-corrected chi connectivity index (χ2v) is 8.21. The quantitative estimate of drug-likeness (QED) is 0.728. The molecule has 1 N–H and O–H groups in total. The van der Waals surface area contributed by atoms with Crippen molar-refractivity contribution in [2.24, 2.45) is 5.92 Å². The van der Waals surface area contributed by atoms with E-state index in [9.17, 15) is 14.7 Å². The molecule has 1 atom stereocenters. The Balaban J connectivity index is 1.62. The summed E-state index contributed by atoms with van der Waals surface area (Å²) in [5.74, 6) is -0.231. The van der Waals surface area contributed by atoms with Gasteiger partial charge in [-0.2, -0.15) is 0 Å². The molecule has 29 heavy (non-hydrogen) atoms. The molecule has 6 nitrogen and oxygen atoms in total. The minimum absolute atomic E-state index is 0.0560. The average Bonchev–Trinajstić information content (AvgIpc) is 3.55. The van der Waals surface area contributed by atoms with Crippen LogP contribution in [0.1, 0.15) is 50.6 Å². The molecule has 2 fully saturated rings. The third-order valence-electron chi connectivity index (χ3n) is 6.11. The lowest BCUT2D eigenvalue weighted by atomic mass is 9.94. The topological polar surface area (TPSA) is 70.1 Å². The number of carbonyl (C=O) groups is 2. The number of amides is 1. The van der Waals surface area contributed by atoms with Crippen molar-refractivity contribution in [3.63, 3.8) is 0 Å². The standard InChI is InChI=1S/C23H30N2O4/c1-2-29-18-8-6-7-17(15-18)20-19(21(26)16-9-10-16)22(27)23(28)25(20)14-13-24-11-4-3-5-12-24/h6-8,15-16,20,27H,2-5,9-14H2,1H3. The van der Waals surface area contributed by atoms with Crippen LogP contribution in [0.3, 0.4) is 0 Å². The molecule has 1 aliphatic carbocycles. The van der Waals surface area contributed by atoms with E-state index in [-0.39, 0.29) is 23.0 Å². The largest absolute Gasteiger partial charge is 0.503 e. The third-order valence-corrected chi connectivity index (χ3v) is 6.11. The lowest BCUT2D eigenvalue weighted by molar-refractivity contribution is -0.129. The van der Waals surface area contributed by atoms with Crippen LogP contribution in [0.25, 0.3) is 0 Å². The maximum Gasteiger partial charge on any atom is 0.290 e. The van der Waals surface area contributed by atoms with Gasteiger partial charge in [0.1, 0.15) is 5.75 Å². The van der Waals surface area contributed by atoms with Crippen molar-refractivity contribution in [3.8, 4) is 5.75 Å². The molecule has 3 aliphatic rings. The highest BCUT2D eigenvalue weighted by Crippen LogP contribution is 2.43. The lowest BCUT2D eigenvalue weighted by Crippen LogP contribution is -2.40. The summed E-state index contributed by atoms with van der Waals surface area (Å²) >= 11 is 0. The number of hydrogen-bond acceptors (Lipinski definition) is 5. The van der Waals surface area contributed by atoms with Gasteiger partial charge in [0.25, 0.3) is 5.91 Å². The molecule has 2 aliphatic heterocycles. The number of rotatable bonds is 8. The summed E-state index contributed by atoms with van der Waals surface area (Å²) in [6.07, 6.45) is 5.30. The monoisotopic (exact) mass is 398 g/mol. The first-order chi connectivity index (χ1) is 14.1. The molecule has 0 radical (unpaired) electrons. The minimum Gasteiger partial charge on any atom is -0.503 e. The molecule has 1 unspecified atom stereocenters. The third kappa shape index (κ3) is 4.17. The summed E-state index contributed by atoms with van der Waals surface area (Å²) in [6.45, 7) is 5.80. The number of ketones is 1. The van der Waals surface area contributed by atoms with Gasteiger partial charge in [-0.1, -0.05) is 18.6 Å². The number of benzene rings is 1. The first-order valence-corrected chi connectivity index (χ1v) is 10.8. The highest BCUT2D eigenvalue weighted by molar-refractivity contribution is 6.10. The molecule has 2 heterocycles. The number of likely N-dealkylation sites (tertiary alicyclic amines) is 1. The van der Waals surface area contributed by atoms with Crippen molar-refractivity contribution < 1.29 is 19.4 Å². The molecule has 1 saturated heterocycles. The number of aliphatic hydroxyl groups is 1. The van der Waals surface area contributed by atoms with Crippen molar-refractivity contribution in [1.29, 1.82) is 0 Å². The molecule has 156 valence electrons. The first-order valence-electron chi connectivity index (χ1n) is 10.8. The van der Waals surface area contributed by atoms with Gasteiger partial charge >= 0.3 is 0 Å². The Morgan fingerprint density at radius 3 is 2.62 bits per heavy atom. The van der Waals surface area contributed by atoms with Crippen molar-refractivity contribution in [2.45, 2.75) is 45.1 Å². The van der Waals surface area contributed by atoms with E-state index in [0.717, 1.165) is 38.0 Å². The molecule has 0 spiro atoms. The number of carbonyl (C=O) groups excluding carboxylic acids is 2. The van der Waals surface area contributed by atoms with Crippen molar-refractivity contribution in [3.05, 3.63) is 41.2 Å². The SMILES string of the molecule is CCOc1cccc(C2C(C(=O)C3CC3)=C(O)C(=O)N2CCN2CCCCC2)c1. The Labute approximate surface area is 172 Å². The Bertz CT molecular complexity index is 809. The van der Waals surface area contributed by atoms with Crippen LogP contribution in [0.2, 0.25) is 0 Å². The predicted molar refractivity (Wildman–Crippen MR) is 110 cm³/mol. The van der Waals surface area contributed by atoms with Gasteiger partial charge < -0.3 is 19.6 Å². The number of piperidine rings is 1. The summed E-state index contributed by atoms with van der Waals surface area (Å²) < 4.78 is 5.63. The second kappa shape index (κ2) is 8.57. The van der Waals surface area contributed by atoms with Gasteiger partial charge in [0.15, 0.2) is 11.5 Å². The summed E-state index contributed by atoms with van der Waals surface area (Å²) in [5, 5.41) is 10.6. The fraction of sp³-hybridized carbons (Fsp3) is 0.565. The first kappa shape index (κ1) is 20.0. The molecule has 6 heteroatoms. The Kier molecular flexibility index (Phi) is 5.90. The van der Waals surface area contributed by atoms with Crippen LogP contribution in [0.4, 0.5) is 0 Å². The lowest BCUT2D eigenvalue weighted by Gasteiger charge is -2.32. The zero-order chi connectivity index (χ0) is 20.4. The molecule has 4 rings (SSSR count). The van der Waals surface area contributed by atoms with Crippen molar-refractivity contribution in [1.82, 2.24) is 9.80 Å². The fourth-order valence-corrected chi connectivity index (χ4v) is 4.42. The van der Waals surface area contributed by atoms with E-state index in [2.05, 4.69) is 4.90 Å². The number of ether oxygens (including phenoxy) is 1. The van der Waals surface area contributed by atoms with Crippen LogP contribution in [0.5, 0.6) is 5.75 Å². The minimum atomic E-state index is -0.541. The molecule has 1 amide bonds. The molecule has 0 aromatic heterocycles. The van der Waals surface area contributed by atoms with E-state index in [1.54, 1.807) is 4.90 Å². The van der Waals surface area contributed by atoms with Gasteiger partial charge in [0, 0.05) is 19.0 Å². The normalized spacial score (nSPS) is 23.0. The summed E-state index contributed by atoms with van der Waals surface area (Å²) in [7, 11) is 0. The molecule has 0 bridgehead atoms. The zero-order valence-corrected chi connectivity index (χ0v) is 17.1. The average molecular weight is 399 g/mol. The summed E-state index contributed by atoms with van der Waals surface area (Å²) in [6, 6.07) is 7.00.